The Balaban J connectivity index is 1.87. The number of aryl methyl sites for hydroxylation is 1. The van der Waals surface area contributed by atoms with Crippen LogP contribution >= 0.6 is 11.3 Å². The first-order valence-electron chi connectivity index (χ1n) is 10.2. The molecule has 1 aliphatic heterocycles. The van der Waals surface area contributed by atoms with E-state index in [4.69, 9.17) is 4.74 Å². The van der Waals surface area contributed by atoms with Crippen molar-refractivity contribution in [3.8, 4) is 5.75 Å². The Morgan fingerprint density at radius 2 is 2.17 bits per heavy atom. The Kier molecular flexibility index (Phi) is 7.25. The van der Waals surface area contributed by atoms with Crippen molar-refractivity contribution >= 4 is 23.2 Å². The molecule has 156 valence electrons. The molecule has 2 atom stereocenters. The number of unbranched alkanes of at least 4 members (excludes halogenated alkanes) is 1. The van der Waals surface area contributed by atoms with Crippen LogP contribution in [0.1, 0.15) is 54.9 Å². The van der Waals surface area contributed by atoms with Gasteiger partial charge in [0.05, 0.1) is 25.6 Å². The fourth-order valence-electron chi connectivity index (χ4n) is 3.89. The highest BCUT2D eigenvalue weighted by Gasteiger charge is 2.41. The van der Waals surface area contributed by atoms with E-state index in [9.17, 15) is 9.59 Å². The Hall–Kier alpha value is -2.41. The van der Waals surface area contributed by atoms with E-state index in [1.807, 2.05) is 41.5 Å². The standard InChI is InChI=1S/C22H29N3O3S/c1-4-5-12-25-20(26)11-10-17(21(25)16-8-6-7-9-18(16)28-3)22(27)23-13-19-24-15(2)14-29-19/h6-9,14,17,21H,4-5,10-13H2,1-3H3,(H,23,27)/t17-,21+/m1/s1. The van der Waals surface area contributed by atoms with E-state index >= 15 is 0 Å². The molecular weight excluding hydrogens is 386 g/mol. The minimum Gasteiger partial charge on any atom is -0.496 e. The second-order valence-corrected chi connectivity index (χ2v) is 8.32. The first kappa shape index (κ1) is 21.3. The number of likely N-dealkylation sites (tertiary alicyclic amines) is 1. The zero-order valence-electron chi connectivity index (χ0n) is 17.3. The van der Waals surface area contributed by atoms with Gasteiger partial charge in [-0.2, -0.15) is 0 Å². The molecule has 1 N–H and O–H groups in total. The van der Waals surface area contributed by atoms with Crippen LogP contribution in [0.2, 0.25) is 0 Å². The van der Waals surface area contributed by atoms with E-state index in [2.05, 4.69) is 17.2 Å². The van der Waals surface area contributed by atoms with Crippen molar-refractivity contribution in [2.75, 3.05) is 13.7 Å². The monoisotopic (exact) mass is 415 g/mol. The van der Waals surface area contributed by atoms with Crippen LogP contribution in [0.3, 0.4) is 0 Å². The smallest absolute Gasteiger partial charge is 0.225 e. The number of methoxy groups -OCH3 is 1. The van der Waals surface area contributed by atoms with Gasteiger partial charge in [-0.05, 0) is 25.8 Å². The summed E-state index contributed by atoms with van der Waals surface area (Å²) in [5.74, 6) is 0.459. The van der Waals surface area contributed by atoms with Crippen molar-refractivity contribution in [3.63, 3.8) is 0 Å². The summed E-state index contributed by atoms with van der Waals surface area (Å²) in [4.78, 5) is 32.3. The third-order valence-electron chi connectivity index (χ3n) is 5.33. The molecule has 2 heterocycles. The number of hydrogen-bond donors (Lipinski definition) is 1. The summed E-state index contributed by atoms with van der Waals surface area (Å²) in [7, 11) is 1.62. The number of nitrogens with zero attached hydrogens (tertiary/aromatic N) is 2. The van der Waals surface area contributed by atoms with Crippen LogP contribution in [0.4, 0.5) is 0 Å². The molecule has 0 saturated carbocycles. The average molecular weight is 416 g/mol. The molecule has 0 radical (unpaired) electrons. The van der Waals surface area contributed by atoms with Gasteiger partial charge in [0.15, 0.2) is 0 Å². The lowest BCUT2D eigenvalue weighted by Crippen LogP contribution is -2.48. The molecule has 2 aromatic rings. The molecule has 0 aliphatic carbocycles. The lowest BCUT2D eigenvalue weighted by molar-refractivity contribution is -0.143. The highest BCUT2D eigenvalue weighted by atomic mass is 32.1. The lowest BCUT2D eigenvalue weighted by Gasteiger charge is -2.41. The molecule has 2 amide bonds. The molecule has 0 bridgehead atoms. The summed E-state index contributed by atoms with van der Waals surface area (Å²) < 4.78 is 5.57. The molecule has 7 heteroatoms. The Bertz CT molecular complexity index is 851. The van der Waals surface area contributed by atoms with Crippen LogP contribution in [0.5, 0.6) is 5.75 Å². The number of para-hydroxylation sites is 1. The van der Waals surface area contributed by atoms with Crippen molar-refractivity contribution in [1.82, 2.24) is 15.2 Å². The van der Waals surface area contributed by atoms with Gasteiger partial charge in [0.2, 0.25) is 11.8 Å². The number of benzene rings is 1. The van der Waals surface area contributed by atoms with E-state index < -0.39 is 0 Å². The number of ether oxygens (including phenoxy) is 1. The highest BCUT2D eigenvalue weighted by molar-refractivity contribution is 7.09. The van der Waals surface area contributed by atoms with Crippen LogP contribution in [0, 0.1) is 12.8 Å². The van der Waals surface area contributed by atoms with Gasteiger partial charge in [0.1, 0.15) is 10.8 Å². The quantitative estimate of drug-likeness (QED) is 0.711. The van der Waals surface area contributed by atoms with Crippen molar-refractivity contribution in [2.24, 2.45) is 5.92 Å². The average Bonchev–Trinajstić information content (AvgIpc) is 3.16. The third-order valence-corrected chi connectivity index (χ3v) is 6.30. The number of amides is 2. The van der Waals surface area contributed by atoms with Crippen molar-refractivity contribution in [2.45, 2.75) is 52.1 Å². The maximum atomic E-state index is 13.2. The van der Waals surface area contributed by atoms with Gasteiger partial charge in [-0.25, -0.2) is 4.98 Å². The molecule has 1 aromatic carbocycles. The zero-order chi connectivity index (χ0) is 20.8. The molecule has 0 unspecified atom stereocenters. The molecule has 1 fully saturated rings. The van der Waals surface area contributed by atoms with Gasteiger partial charge in [0.25, 0.3) is 0 Å². The number of thiazole rings is 1. The minimum absolute atomic E-state index is 0.0391. The van der Waals surface area contributed by atoms with E-state index in [0.29, 0.717) is 31.7 Å². The number of piperidine rings is 1. The first-order chi connectivity index (χ1) is 14.0. The first-order valence-corrected chi connectivity index (χ1v) is 11.0. The Morgan fingerprint density at radius 3 is 2.86 bits per heavy atom. The largest absolute Gasteiger partial charge is 0.496 e. The number of rotatable bonds is 8. The fourth-order valence-corrected chi connectivity index (χ4v) is 4.60. The van der Waals surface area contributed by atoms with Crippen LogP contribution < -0.4 is 10.1 Å². The summed E-state index contributed by atoms with van der Waals surface area (Å²) in [6, 6.07) is 7.37. The fraction of sp³-hybridized carbons (Fsp3) is 0.500. The number of aromatic nitrogens is 1. The number of nitrogens with one attached hydrogen (secondary N) is 1. The van der Waals surface area contributed by atoms with Crippen molar-refractivity contribution < 1.29 is 14.3 Å². The predicted octanol–water partition coefficient (Wildman–Crippen LogP) is 3.86. The van der Waals surface area contributed by atoms with Gasteiger partial charge in [0, 0.05) is 29.6 Å². The maximum absolute atomic E-state index is 13.2. The summed E-state index contributed by atoms with van der Waals surface area (Å²) in [5.41, 5.74) is 1.85. The number of hydrogen-bond acceptors (Lipinski definition) is 5. The Labute approximate surface area is 176 Å². The van der Waals surface area contributed by atoms with Crippen molar-refractivity contribution in [3.05, 3.63) is 45.9 Å². The molecule has 1 saturated heterocycles. The van der Waals surface area contributed by atoms with E-state index in [1.165, 1.54) is 0 Å². The summed E-state index contributed by atoms with van der Waals surface area (Å²) in [5, 5.41) is 5.91. The molecule has 0 spiro atoms. The van der Waals surface area contributed by atoms with Gasteiger partial charge >= 0.3 is 0 Å². The third kappa shape index (κ3) is 4.96. The van der Waals surface area contributed by atoms with Gasteiger partial charge in [-0.3, -0.25) is 9.59 Å². The second kappa shape index (κ2) is 9.87. The van der Waals surface area contributed by atoms with Crippen LogP contribution in [0.25, 0.3) is 0 Å². The van der Waals surface area contributed by atoms with E-state index in [0.717, 1.165) is 29.1 Å². The molecular formula is C22H29N3O3S. The summed E-state index contributed by atoms with van der Waals surface area (Å²) in [6.45, 7) is 5.10. The van der Waals surface area contributed by atoms with Crippen LogP contribution in [-0.4, -0.2) is 35.4 Å². The summed E-state index contributed by atoms with van der Waals surface area (Å²) in [6.07, 6.45) is 2.82. The predicted molar refractivity (Wildman–Crippen MR) is 114 cm³/mol. The normalized spacial score (nSPS) is 19.3. The molecule has 29 heavy (non-hydrogen) atoms. The van der Waals surface area contributed by atoms with Crippen molar-refractivity contribution in [1.29, 1.82) is 0 Å². The van der Waals surface area contributed by atoms with Gasteiger partial charge < -0.3 is 15.0 Å². The zero-order valence-corrected chi connectivity index (χ0v) is 18.1. The highest BCUT2D eigenvalue weighted by Crippen LogP contribution is 2.40. The SMILES string of the molecule is CCCCN1C(=O)CC[C@@H](C(=O)NCc2nc(C)cs2)[C@@H]1c1ccccc1OC. The molecule has 3 rings (SSSR count). The maximum Gasteiger partial charge on any atom is 0.225 e. The van der Waals surface area contributed by atoms with Crippen LogP contribution in [0.15, 0.2) is 29.6 Å². The molecule has 6 nitrogen and oxygen atoms in total. The molecule has 1 aliphatic rings. The number of carbonyl (C=O) groups is 2. The van der Waals surface area contributed by atoms with Crippen LogP contribution in [-0.2, 0) is 16.1 Å². The number of carbonyl (C=O) groups excluding carboxylic acids is 2. The van der Waals surface area contributed by atoms with Gasteiger partial charge in [-0.1, -0.05) is 31.5 Å². The topological polar surface area (TPSA) is 71.5 Å². The second-order valence-electron chi connectivity index (χ2n) is 7.37. The van der Waals surface area contributed by atoms with E-state index in [-0.39, 0.29) is 23.8 Å². The van der Waals surface area contributed by atoms with E-state index in [1.54, 1.807) is 18.4 Å². The summed E-state index contributed by atoms with van der Waals surface area (Å²) >= 11 is 1.54. The molecule has 1 aromatic heterocycles. The minimum atomic E-state index is -0.322. The lowest BCUT2D eigenvalue weighted by atomic mass is 9.83. The van der Waals surface area contributed by atoms with Gasteiger partial charge in [-0.15, -0.1) is 11.3 Å². The Morgan fingerprint density at radius 1 is 1.38 bits per heavy atom.